The third kappa shape index (κ3) is 3.69. The van der Waals surface area contributed by atoms with Gasteiger partial charge in [-0.15, -0.1) is 0 Å². The van der Waals surface area contributed by atoms with E-state index in [9.17, 15) is 13.2 Å². The summed E-state index contributed by atoms with van der Waals surface area (Å²) in [4.78, 5) is 0. The van der Waals surface area contributed by atoms with E-state index in [1.165, 1.54) is 18.2 Å². The number of hydrogen-bond acceptors (Lipinski definition) is 3. The molecule has 2 N–H and O–H groups in total. The van der Waals surface area contributed by atoms with E-state index in [0.29, 0.717) is 11.3 Å². The summed E-state index contributed by atoms with van der Waals surface area (Å²) in [6.07, 6.45) is -4.34. The quantitative estimate of drug-likeness (QED) is 0.810. The Balaban J connectivity index is 2.76. The SMILES string of the molecule is N#CCc1cc(OCC(F)(F)F)ccc1N. The molecule has 86 valence electrons. The van der Waals surface area contributed by atoms with E-state index in [-0.39, 0.29) is 12.2 Å². The molecular weight excluding hydrogens is 221 g/mol. The number of nitrogens with two attached hydrogens (primary N) is 1. The van der Waals surface area contributed by atoms with Gasteiger partial charge in [-0.2, -0.15) is 18.4 Å². The van der Waals surface area contributed by atoms with Gasteiger partial charge in [0, 0.05) is 5.69 Å². The second kappa shape index (κ2) is 4.75. The largest absolute Gasteiger partial charge is 0.484 e. The molecule has 0 radical (unpaired) electrons. The van der Waals surface area contributed by atoms with Crippen LogP contribution in [0, 0.1) is 11.3 Å². The number of benzene rings is 1. The second-order valence-corrected chi connectivity index (χ2v) is 3.10. The Kier molecular flexibility index (Phi) is 3.61. The topological polar surface area (TPSA) is 59.0 Å². The lowest BCUT2D eigenvalue weighted by atomic mass is 10.1. The lowest BCUT2D eigenvalue weighted by Crippen LogP contribution is -2.19. The van der Waals surface area contributed by atoms with Crippen LogP contribution in [0.2, 0.25) is 0 Å². The molecule has 0 spiro atoms. The zero-order valence-corrected chi connectivity index (χ0v) is 8.21. The zero-order chi connectivity index (χ0) is 12.2. The summed E-state index contributed by atoms with van der Waals surface area (Å²) in [5, 5.41) is 8.47. The van der Waals surface area contributed by atoms with Crippen molar-refractivity contribution in [1.82, 2.24) is 0 Å². The van der Waals surface area contributed by atoms with Gasteiger partial charge in [0.15, 0.2) is 6.61 Å². The van der Waals surface area contributed by atoms with Crippen LogP contribution in [-0.4, -0.2) is 12.8 Å². The summed E-state index contributed by atoms with van der Waals surface area (Å²) in [6.45, 7) is -1.36. The Morgan fingerprint density at radius 3 is 2.62 bits per heavy atom. The molecule has 1 aromatic carbocycles. The zero-order valence-electron chi connectivity index (χ0n) is 8.21. The van der Waals surface area contributed by atoms with Crippen LogP contribution < -0.4 is 10.5 Å². The van der Waals surface area contributed by atoms with Crippen LogP contribution in [-0.2, 0) is 6.42 Å². The van der Waals surface area contributed by atoms with Crippen molar-refractivity contribution >= 4 is 5.69 Å². The molecule has 0 amide bonds. The molecular formula is C10H9F3N2O. The first-order chi connectivity index (χ1) is 7.42. The van der Waals surface area contributed by atoms with Crippen LogP contribution in [0.1, 0.15) is 5.56 Å². The molecule has 3 nitrogen and oxygen atoms in total. The molecule has 0 aromatic heterocycles. The van der Waals surface area contributed by atoms with E-state index in [1.807, 2.05) is 6.07 Å². The van der Waals surface area contributed by atoms with Gasteiger partial charge in [-0.1, -0.05) is 0 Å². The molecule has 0 unspecified atom stereocenters. The van der Waals surface area contributed by atoms with Crippen molar-refractivity contribution in [2.75, 3.05) is 12.3 Å². The third-order valence-electron chi connectivity index (χ3n) is 1.79. The highest BCUT2D eigenvalue weighted by Crippen LogP contribution is 2.22. The van der Waals surface area contributed by atoms with E-state index in [1.54, 1.807) is 0 Å². The fourth-order valence-electron chi connectivity index (χ4n) is 1.08. The van der Waals surface area contributed by atoms with Crippen molar-refractivity contribution < 1.29 is 17.9 Å². The van der Waals surface area contributed by atoms with Crippen LogP contribution in [0.25, 0.3) is 0 Å². The molecule has 0 fully saturated rings. The van der Waals surface area contributed by atoms with Crippen LogP contribution in [0.15, 0.2) is 18.2 Å². The lowest BCUT2D eigenvalue weighted by molar-refractivity contribution is -0.153. The Morgan fingerprint density at radius 1 is 1.38 bits per heavy atom. The molecule has 16 heavy (non-hydrogen) atoms. The fourth-order valence-corrected chi connectivity index (χ4v) is 1.08. The molecule has 0 saturated carbocycles. The number of anilines is 1. The average Bonchev–Trinajstić information content (AvgIpc) is 2.18. The van der Waals surface area contributed by atoms with Gasteiger partial charge in [-0.25, -0.2) is 0 Å². The number of ether oxygens (including phenoxy) is 1. The van der Waals surface area contributed by atoms with Gasteiger partial charge in [-0.3, -0.25) is 0 Å². The van der Waals surface area contributed by atoms with Gasteiger partial charge in [0.1, 0.15) is 5.75 Å². The normalized spacial score (nSPS) is 10.9. The van der Waals surface area contributed by atoms with E-state index >= 15 is 0 Å². The molecule has 0 atom stereocenters. The first-order valence-corrected chi connectivity index (χ1v) is 4.37. The van der Waals surface area contributed by atoms with Crippen molar-refractivity contribution in [3.63, 3.8) is 0 Å². The highest BCUT2D eigenvalue weighted by molar-refractivity contribution is 5.51. The molecule has 0 aliphatic heterocycles. The van der Waals surface area contributed by atoms with E-state index in [0.717, 1.165) is 0 Å². The number of nitriles is 1. The van der Waals surface area contributed by atoms with E-state index in [4.69, 9.17) is 11.0 Å². The molecule has 0 aliphatic carbocycles. The third-order valence-corrected chi connectivity index (χ3v) is 1.79. The van der Waals surface area contributed by atoms with Gasteiger partial charge in [0.25, 0.3) is 0 Å². The minimum absolute atomic E-state index is 0.0368. The van der Waals surface area contributed by atoms with Crippen LogP contribution in [0.3, 0.4) is 0 Å². The maximum absolute atomic E-state index is 11.9. The molecule has 0 saturated heterocycles. The molecule has 1 rings (SSSR count). The predicted octanol–water partition coefficient (Wildman–Crippen LogP) is 2.28. The maximum Gasteiger partial charge on any atom is 0.422 e. The molecule has 6 heteroatoms. The van der Waals surface area contributed by atoms with E-state index in [2.05, 4.69) is 4.74 Å². The highest BCUT2D eigenvalue weighted by Gasteiger charge is 2.28. The average molecular weight is 230 g/mol. The molecule has 0 bridgehead atoms. The van der Waals surface area contributed by atoms with Crippen LogP contribution in [0.4, 0.5) is 18.9 Å². The Morgan fingerprint density at radius 2 is 2.06 bits per heavy atom. The maximum atomic E-state index is 11.9. The minimum atomic E-state index is -4.38. The van der Waals surface area contributed by atoms with Crippen LogP contribution >= 0.6 is 0 Å². The highest BCUT2D eigenvalue weighted by atomic mass is 19.4. The molecule has 0 aliphatic rings. The van der Waals surface area contributed by atoms with Gasteiger partial charge in [0.2, 0.25) is 0 Å². The van der Waals surface area contributed by atoms with Crippen molar-refractivity contribution in [3.05, 3.63) is 23.8 Å². The van der Waals surface area contributed by atoms with Gasteiger partial charge in [0.05, 0.1) is 12.5 Å². The summed E-state index contributed by atoms with van der Waals surface area (Å²) < 4.78 is 40.1. The number of rotatable bonds is 3. The van der Waals surface area contributed by atoms with Crippen molar-refractivity contribution in [2.24, 2.45) is 0 Å². The van der Waals surface area contributed by atoms with Gasteiger partial charge in [-0.05, 0) is 23.8 Å². The van der Waals surface area contributed by atoms with Crippen molar-refractivity contribution in [2.45, 2.75) is 12.6 Å². The standard InChI is InChI=1S/C10H9F3N2O/c11-10(12,13)6-16-8-1-2-9(15)7(5-8)3-4-14/h1-2,5H,3,6,15H2. The Labute approximate surface area is 90.2 Å². The Hall–Kier alpha value is -1.90. The van der Waals surface area contributed by atoms with Crippen molar-refractivity contribution in [1.29, 1.82) is 5.26 Å². The molecule has 0 heterocycles. The molecule has 1 aromatic rings. The summed E-state index contributed by atoms with van der Waals surface area (Å²) in [7, 11) is 0. The number of nitrogens with zero attached hydrogens (tertiary/aromatic N) is 1. The summed E-state index contributed by atoms with van der Waals surface area (Å²) >= 11 is 0. The smallest absolute Gasteiger partial charge is 0.422 e. The number of nitrogen functional groups attached to an aromatic ring is 1. The Bertz CT molecular complexity index is 410. The summed E-state index contributed by atoms with van der Waals surface area (Å²) in [5.74, 6) is 0.0526. The minimum Gasteiger partial charge on any atom is -0.484 e. The fraction of sp³-hybridized carbons (Fsp3) is 0.300. The predicted molar refractivity (Wildman–Crippen MR) is 51.7 cm³/mol. The summed E-state index contributed by atoms with van der Waals surface area (Å²) in [6, 6.07) is 5.95. The van der Waals surface area contributed by atoms with Crippen LogP contribution in [0.5, 0.6) is 5.75 Å². The van der Waals surface area contributed by atoms with Crippen molar-refractivity contribution in [3.8, 4) is 11.8 Å². The first kappa shape index (κ1) is 12.2. The second-order valence-electron chi connectivity index (χ2n) is 3.10. The van der Waals surface area contributed by atoms with Gasteiger partial charge < -0.3 is 10.5 Å². The number of halogens is 3. The number of hydrogen-bond donors (Lipinski definition) is 1. The lowest BCUT2D eigenvalue weighted by Gasteiger charge is -2.10. The van der Waals surface area contributed by atoms with E-state index < -0.39 is 12.8 Å². The monoisotopic (exact) mass is 230 g/mol. The summed E-state index contributed by atoms with van der Waals surface area (Å²) in [5.41, 5.74) is 6.35. The number of alkyl halides is 3. The first-order valence-electron chi connectivity index (χ1n) is 4.37. The van der Waals surface area contributed by atoms with Gasteiger partial charge >= 0.3 is 6.18 Å².